The van der Waals surface area contributed by atoms with Gasteiger partial charge in [-0.3, -0.25) is 14.4 Å². The molecule has 1 fully saturated rings. The van der Waals surface area contributed by atoms with Gasteiger partial charge < -0.3 is 41.7 Å². The van der Waals surface area contributed by atoms with Crippen molar-refractivity contribution in [1.82, 2.24) is 0 Å². The van der Waals surface area contributed by atoms with E-state index < -0.39 is 61.7 Å². The van der Waals surface area contributed by atoms with Crippen LogP contribution in [0.1, 0.15) is 101 Å². The maximum absolute atomic E-state index is 13.1. The Kier molecular flexibility index (Phi) is 24.2. The number of hydrogen-bond acceptors (Lipinski definition) is 12. The molecule has 0 bridgehead atoms. The number of benzene rings is 6. The van der Waals surface area contributed by atoms with Gasteiger partial charge >= 0.3 is 17.9 Å². The lowest BCUT2D eigenvalue weighted by molar-refractivity contribution is -0.381. The highest BCUT2D eigenvalue weighted by Gasteiger charge is 2.53. The van der Waals surface area contributed by atoms with E-state index >= 15 is 0 Å². The molecule has 0 aliphatic carbocycles. The van der Waals surface area contributed by atoms with Gasteiger partial charge in [0.15, 0.2) is 18.9 Å². The topological polar surface area (TPSA) is 134 Å². The highest BCUT2D eigenvalue weighted by molar-refractivity contribution is 7.00. The van der Waals surface area contributed by atoms with Crippen LogP contribution in [0.5, 0.6) is 0 Å². The molecule has 6 aromatic rings. The molecule has 0 amide bonds. The molecule has 0 aromatic heterocycles. The molecule has 12 nitrogen and oxygen atoms in total. The van der Waals surface area contributed by atoms with E-state index in [1.54, 1.807) is 0 Å². The van der Waals surface area contributed by atoms with E-state index in [-0.39, 0.29) is 73.5 Å². The van der Waals surface area contributed by atoms with Crippen LogP contribution in [0.2, 0.25) is 15.1 Å². The van der Waals surface area contributed by atoms with Gasteiger partial charge in [0, 0.05) is 19.3 Å². The zero-order chi connectivity index (χ0) is 62.7. The number of ether oxygens (including phenoxy) is 6. The molecule has 0 saturated carbocycles. The molecule has 87 heavy (non-hydrogen) atoms. The van der Waals surface area contributed by atoms with E-state index in [1.807, 2.05) is 127 Å². The Morgan fingerprint density at radius 2 is 0.529 bits per heavy atom. The minimum atomic E-state index is -3.11. The summed E-state index contributed by atoms with van der Waals surface area (Å²) in [5.74, 6) is -1.24. The van der Waals surface area contributed by atoms with E-state index in [2.05, 4.69) is 135 Å². The second-order valence-electron chi connectivity index (χ2n) is 25.1. The molecule has 1 aliphatic rings. The monoisotopic (exact) mass is 1230 g/mol. The number of carbonyl (C=O) groups is 3. The first kappa shape index (κ1) is 67.9. The Morgan fingerprint density at radius 1 is 0.345 bits per heavy atom. The second kappa shape index (κ2) is 31.0. The molecule has 15 heteroatoms. The predicted molar refractivity (Wildman–Crippen MR) is 353 cm³/mol. The van der Waals surface area contributed by atoms with Crippen molar-refractivity contribution < 1.29 is 56.1 Å². The van der Waals surface area contributed by atoms with Crippen LogP contribution in [0.15, 0.2) is 217 Å². The van der Waals surface area contributed by atoms with Crippen molar-refractivity contribution in [3.8, 4) is 0 Å². The third-order valence-electron chi connectivity index (χ3n) is 16.2. The van der Waals surface area contributed by atoms with Crippen LogP contribution in [0.4, 0.5) is 0 Å². The molecule has 0 N–H and O–H groups in total. The van der Waals surface area contributed by atoms with Gasteiger partial charge in [0.1, 0.15) is 0 Å². The number of esters is 3. The van der Waals surface area contributed by atoms with Crippen molar-refractivity contribution in [2.45, 2.75) is 135 Å². The molecule has 1 aliphatic heterocycles. The van der Waals surface area contributed by atoms with Gasteiger partial charge in [-0.15, -0.1) is 0 Å². The molecule has 0 atom stereocenters. The number of rotatable bonds is 27. The van der Waals surface area contributed by atoms with E-state index in [9.17, 15) is 14.4 Å². The Hall–Kier alpha value is -6.64. The van der Waals surface area contributed by atoms with Gasteiger partial charge in [-0.2, -0.15) is 0 Å². The summed E-state index contributed by atoms with van der Waals surface area (Å²) in [4.78, 5) is 39.3. The van der Waals surface area contributed by atoms with Gasteiger partial charge in [0.2, 0.25) is 0 Å². The lowest BCUT2D eigenvalue weighted by Gasteiger charge is -2.44. The van der Waals surface area contributed by atoms with E-state index in [4.69, 9.17) is 41.7 Å². The molecule has 462 valence electrons. The van der Waals surface area contributed by atoms with Crippen LogP contribution < -0.4 is 31.1 Å². The first-order chi connectivity index (χ1) is 41.6. The smallest absolute Gasteiger partial charge is 0.309 e. The van der Waals surface area contributed by atoms with Crippen LogP contribution in [0.25, 0.3) is 0 Å². The van der Waals surface area contributed by atoms with Crippen LogP contribution in [0, 0.1) is 0 Å². The number of carbonyl (C=O) groups excluding carboxylic acids is 3. The molecule has 0 radical (unpaired) electrons. The molecule has 1 saturated heterocycles. The van der Waals surface area contributed by atoms with Crippen molar-refractivity contribution in [2.75, 3.05) is 41.2 Å². The Labute approximate surface area is 520 Å². The maximum Gasteiger partial charge on any atom is 0.309 e. The van der Waals surface area contributed by atoms with Crippen molar-refractivity contribution in [2.24, 2.45) is 0 Å². The first-order valence-corrected chi connectivity index (χ1v) is 35.8. The minimum absolute atomic E-state index is 0.0218. The summed E-state index contributed by atoms with van der Waals surface area (Å²) >= 11 is 0. The average molecular weight is 1230 g/mol. The summed E-state index contributed by atoms with van der Waals surface area (Å²) in [6.07, 6.45) is 3.14. The van der Waals surface area contributed by atoms with Crippen LogP contribution in [-0.2, 0) is 56.1 Å². The highest BCUT2D eigenvalue weighted by Crippen LogP contribution is 2.41. The fraction of sp³-hybridized carbons (Fsp3) is 0.375. The molecular weight excluding hydrogens is 1140 g/mol. The summed E-state index contributed by atoms with van der Waals surface area (Å²) in [7, 11) is -5.19. The van der Waals surface area contributed by atoms with Gasteiger partial charge in [-0.25, -0.2) is 0 Å². The second-order valence-corrected chi connectivity index (χ2v) is 38.0. The normalized spacial score (nSPS) is 16.7. The third kappa shape index (κ3) is 17.0. The lowest BCUT2D eigenvalue weighted by atomic mass is 10.1. The van der Waals surface area contributed by atoms with E-state index in [0.717, 1.165) is 47.8 Å². The maximum atomic E-state index is 13.1. The zero-order valence-electron chi connectivity index (χ0n) is 53.0. The number of hydrogen-bond donors (Lipinski definition) is 0. The van der Waals surface area contributed by atoms with Crippen molar-refractivity contribution in [1.29, 1.82) is 0 Å². The largest absolute Gasteiger partial charge is 0.469 e. The minimum Gasteiger partial charge on any atom is -0.469 e. The molecular formula is C72H90O12Si3. The van der Waals surface area contributed by atoms with Crippen molar-refractivity contribution in [3.63, 3.8) is 0 Å². The molecule has 0 unspecified atom stereocenters. The van der Waals surface area contributed by atoms with Crippen LogP contribution in [-0.4, -0.2) is 103 Å². The third-order valence-corrected chi connectivity index (χ3v) is 31.2. The van der Waals surface area contributed by atoms with Crippen LogP contribution >= 0.6 is 0 Å². The standard InChI is InChI=1S/C72H90O12Si3/c1-70(2,3)85(58-31-19-13-20-32-58,59-33-21-14-22-34-59)79-52-55(43-46-64(73)76-10)49-67-82-68(50-56(44-47-65(74)77-11)53-80-86(71(4,5)6,60-35-23-15-24-36-60)61-37-25-16-26-38-61)84-69(83-67)51-57(45-48-66(75)78-12)54-81-87(72(7,8)9,62-39-27-17-28-40-62)63-41-29-18-30-42-63/h13-45,67-69H,46-54H2,1-12H3/b55-43+,56-44+,57-45+. The fourth-order valence-corrected chi connectivity index (χ4v) is 25.6. The summed E-state index contributed by atoms with van der Waals surface area (Å²) in [6.45, 7) is 20.4. The summed E-state index contributed by atoms with van der Waals surface area (Å²) in [6, 6.07) is 62.4. The summed E-state index contributed by atoms with van der Waals surface area (Å²) in [5.41, 5.74) is 2.27. The molecule has 7 rings (SSSR count). The average Bonchev–Trinajstić information content (AvgIpc) is 1.14. The molecule has 6 aromatic carbocycles. The Balaban J connectivity index is 1.32. The summed E-state index contributed by atoms with van der Waals surface area (Å²) < 4.78 is 59.1. The van der Waals surface area contributed by atoms with Crippen LogP contribution in [0.3, 0.4) is 0 Å². The van der Waals surface area contributed by atoms with E-state index in [0.29, 0.717) is 0 Å². The van der Waals surface area contributed by atoms with E-state index in [1.165, 1.54) is 21.3 Å². The highest BCUT2D eigenvalue weighted by atomic mass is 28.4. The van der Waals surface area contributed by atoms with Gasteiger partial charge in [0.05, 0.1) is 60.4 Å². The number of methoxy groups -OCH3 is 3. The zero-order valence-corrected chi connectivity index (χ0v) is 56.0. The van der Waals surface area contributed by atoms with Gasteiger partial charge in [0.25, 0.3) is 25.0 Å². The first-order valence-electron chi connectivity index (χ1n) is 30.1. The van der Waals surface area contributed by atoms with Gasteiger partial charge in [-0.05, 0) is 63.0 Å². The van der Waals surface area contributed by atoms with Crippen molar-refractivity contribution >= 4 is 74.0 Å². The van der Waals surface area contributed by atoms with Gasteiger partial charge in [-0.1, -0.05) is 263 Å². The molecule has 0 spiro atoms. The fourth-order valence-electron chi connectivity index (χ4n) is 12.0. The predicted octanol–water partition coefficient (Wildman–Crippen LogP) is 11.4. The quantitative estimate of drug-likeness (QED) is 0.0210. The Morgan fingerprint density at radius 3 is 0.690 bits per heavy atom. The lowest BCUT2D eigenvalue weighted by Crippen LogP contribution is -2.66. The SMILES string of the molecule is COC(=O)C/C=C(/CO[Si](c1ccccc1)(c1ccccc1)C(C)(C)C)CC1OC(C/C(=C\CC(=O)OC)CO[Si](c2ccccc2)(c2ccccc2)C(C)(C)C)OC(C/C(=C\CC(=O)OC)CO[Si](c2ccccc2)(c2ccccc2)C(C)(C)C)O1. The Bertz CT molecular complexity index is 2740. The summed E-state index contributed by atoms with van der Waals surface area (Å²) in [5, 5.41) is 5.58. The molecule has 1 heterocycles. The van der Waals surface area contributed by atoms with Crippen molar-refractivity contribution in [3.05, 3.63) is 217 Å².